The summed E-state index contributed by atoms with van der Waals surface area (Å²) in [4.78, 5) is 2.80. The molecule has 0 aromatic carbocycles. The summed E-state index contributed by atoms with van der Waals surface area (Å²) in [6, 6.07) is 0. The molecular formula is C16H29N2O2+. The third kappa shape index (κ3) is 7.49. The number of hydrogen-bond donors (Lipinski definition) is 1. The van der Waals surface area contributed by atoms with E-state index in [9.17, 15) is 5.11 Å². The molecule has 1 fully saturated rings. The average Bonchev–Trinajstić information content (AvgIpc) is 3.21. The average molecular weight is 281 g/mol. The zero-order valence-electron chi connectivity index (χ0n) is 12.8. The molecule has 0 aromatic heterocycles. The van der Waals surface area contributed by atoms with Gasteiger partial charge in [-0.15, -0.1) is 0 Å². The third-order valence-corrected chi connectivity index (χ3v) is 3.91. The fourth-order valence-corrected chi connectivity index (χ4v) is 2.59. The van der Waals surface area contributed by atoms with Crippen molar-refractivity contribution in [3.05, 3.63) is 16.9 Å². The smallest absolute Gasteiger partial charge is 0.390 e. The first-order chi connectivity index (χ1) is 9.79. The van der Waals surface area contributed by atoms with E-state index in [2.05, 4.69) is 11.9 Å². The van der Waals surface area contributed by atoms with Crippen molar-refractivity contribution in [1.29, 1.82) is 5.39 Å². The Morgan fingerprint density at radius 3 is 2.15 bits per heavy atom. The van der Waals surface area contributed by atoms with Crippen molar-refractivity contribution < 1.29 is 9.84 Å². The van der Waals surface area contributed by atoms with E-state index in [1.807, 2.05) is 0 Å². The Balaban J connectivity index is 1.83. The first-order valence-corrected chi connectivity index (χ1v) is 8.18. The van der Waals surface area contributed by atoms with E-state index in [1.54, 1.807) is 0 Å². The van der Waals surface area contributed by atoms with E-state index in [0.717, 1.165) is 19.0 Å². The Kier molecular flexibility index (Phi) is 9.06. The van der Waals surface area contributed by atoms with Gasteiger partial charge in [-0.3, -0.25) is 0 Å². The Morgan fingerprint density at radius 1 is 1.05 bits per heavy atom. The number of rotatable bonds is 12. The van der Waals surface area contributed by atoms with Crippen LogP contribution in [0.2, 0.25) is 0 Å². The van der Waals surface area contributed by atoms with Crippen molar-refractivity contribution in [3.8, 4) is 0 Å². The number of nitrogens with zero attached hydrogens (tertiary/aromatic N) is 2. The normalized spacial score (nSPS) is 21.7. The van der Waals surface area contributed by atoms with Gasteiger partial charge >= 0.3 is 6.20 Å². The zero-order chi connectivity index (χ0) is 14.6. The monoisotopic (exact) mass is 281 g/mol. The largest absolute Gasteiger partial charge is 0.503 e. The number of hydrogen-bond acceptors (Lipinski definition) is 3. The fraction of sp³-hybridized carbons (Fsp3) is 0.875. The molecule has 0 aliphatic carbocycles. The molecule has 1 rings (SSSR count). The molecular weight excluding hydrogens is 252 g/mol. The summed E-state index contributed by atoms with van der Waals surface area (Å²) in [7, 11) is 0. The Hall–Kier alpha value is -1.08. The summed E-state index contributed by atoms with van der Waals surface area (Å²) in [6.45, 7) is 2.25. The van der Waals surface area contributed by atoms with E-state index in [4.69, 9.17) is 10.1 Å². The lowest BCUT2D eigenvalue weighted by Gasteiger charge is -2.01. The molecule has 0 aromatic rings. The Morgan fingerprint density at radius 2 is 1.60 bits per heavy atom. The van der Waals surface area contributed by atoms with Crippen molar-refractivity contribution in [2.45, 2.75) is 89.8 Å². The van der Waals surface area contributed by atoms with Gasteiger partial charge in [-0.05, 0) is 6.42 Å². The van der Waals surface area contributed by atoms with Crippen LogP contribution in [0, 0.1) is 5.39 Å². The molecule has 1 aliphatic heterocycles. The molecule has 0 spiro atoms. The van der Waals surface area contributed by atoms with Gasteiger partial charge in [-0.25, -0.2) is 0 Å². The number of ether oxygens (including phenoxy) is 1. The minimum Gasteiger partial charge on any atom is -0.503 e. The molecule has 0 radical (unpaired) electrons. The summed E-state index contributed by atoms with van der Waals surface area (Å²) >= 11 is 0. The van der Waals surface area contributed by atoms with Gasteiger partial charge in [0.2, 0.25) is 11.2 Å². The zero-order valence-corrected chi connectivity index (χ0v) is 12.8. The number of aliphatic hydroxyl groups excluding tert-OH is 1. The lowest BCUT2D eigenvalue weighted by Crippen LogP contribution is -1.97. The molecule has 1 aliphatic rings. The maximum Gasteiger partial charge on any atom is 0.390 e. The molecule has 20 heavy (non-hydrogen) atoms. The van der Waals surface area contributed by atoms with Gasteiger partial charge in [0.25, 0.3) is 0 Å². The van der Waals surface area contributed by atoms with Crippen molar-refractivity contribution in [2.24, 2.45) is 0 Å². The van der Waals surface area contributed by atoms with Gasteiger partial charge in [0.15, 0.2) is 4.98 Å². The highest BCUT2D eigenvalue weighted by Crippen LogP contribution is 2.32. The van der Waals surface area contributed by atoms with Gasteiger partial charge in [-0.1, -0.05) is 71.1 Å². The minimum absolute atomic E-state index is 0.0320. The summed E-state index contributed by atoms with van der Waals surface area (Å²) in [5.41, 5.74) is 0. The fourth-order valence-electron chi connectivity index (χ4n) is 2.59. The summed E-state index contributed by atoms with van der Waals surface area (Å²) < 4.78 is 5.32. The van der Waals surface area contributed by atoms with Crippen LogP contribution in [-0.2, 0) is 4.74 Å². The van der Waals surface area contributed by atoms with E-state index in [1.165, 1.54) is 57.8 Å². The molecule has 2 atom stereocenters. The molecule has 0 saturated carbocycles. The van der Waals surface area contributed by atoms with Crippen molar-refractivity contribution >= 4 is 0 Å². The number of aliphatic hydroxyl groups is 1. The molecule has 0 bridgehead atoms. The number of unbranched alkanes of at least 4 members (excludes halogenated alkanes) is 9. The van der Waals surface area contributed by atoms with Gasteiger partial charge in [0, 0.05) is 0 Å². The lowest BCUT2D eigenvalue weighted by atomic mass is 10.0. The first-order valence-electron chi connectivity index (χ1n) is 8.18. The van der Waals surface area contributed by atoms with Crippen LogP contribution >= 0.6 is 0 Å². The Bertz CT molecular complexity index is 323. The van der Waals surface area contributed by atoms with Crippen LogP contribution in [0.15, 0.2) is 12.0 Å². The van der Waals surface area contributed by atoms with E-state index in [0.29, 0.717) is 0 Å². The molecule has 114 valence electrons. The Labute approximate surface area is 122 Å². The van der Waals surface area contributed by atoms with Crippen LogP contribution in [0.1, 0.15) is 77.6 Å². The van der Waals surface area contributed by atoms with Gasteiger partial charge in [0.05, 0.1) is 6.10 Å². The first kappa shape index (κ1) is 17.0. The van der Waals surface area contributed by atoms with Crippen LogP contribution in [0.25, 0.3) is 4.98 Å². The van der Waals surface area contributed by atoms with E-state index in [-0.39, 0.29) is 18.0 Å². The maximum absolute atomic E-state index is 9.40. The van der Waals surface area contributed by atoms with Gasteiger partial charge < -0.3 is 9.84 Å². The summed E-state index contributed by atoms with van der Waals surface area (Å²) in [6.07, 6.45) is 15.2. The highest BCUT2D eigenvalue weighted by atomic mass is 16.6. The van der Waals surface area contributed by atoms with Crippen molar-refractivity contribution in [3.63, 3.8) is 0 Å². The van der Waals surface area contributed by atoms with Crippen LogP contribution in [0.5, 0.6) is 0 Å². The topological polar surface area (TPSA) is 60.9 Å². The lowest BCUT2D eigenvalue weighted by molar-refractivity contribution is 0.313. The number of epoxide rings is 1. The predicted octanol–water partition coefficient (Wildman–Crippen LogP) is 5.32. The quantitative estimate of drug-likeness (QED) is 0.228. The van der Waals surface area contributed by atoms with Gasteiger partial charge in [-0.2, -0.15) is 0 Å². The van der Waals surface area contributed by atoms with Crippen LogP contribution < -0.4 is 0 Å². The molecule has 1 heterocycles. The van der Waals surface area contributed by atoms with E-state index >= 15 is 0 Å². The number of diazo groups is 1. The van der Waals surface area contributed by atoms with Crippen LogP contribution in [0.3, 0.4) is 0 Å². The second-order valence-corrected chi connectivity index (χ2v) is 5.74. The molecule has 4 heteroatoms. The second-order valence-electron chi connectivity index (χ2n) is 5.74. The standard InChI is InChI=1S/C16H28N2O2/c1-2-3-4-5-6-7-8-9-10-11-12-15-16(20-15)14(19)13-18-17/h13,15-16H,2-12H2,1H3/p+1/b14-13-/t15-,16-/m1/s1. The molecule has 1 saturated heterocycles. The SMILES string of the molecule is CCCCCCCCCCCC[C@H]1O[C@@H]1/C(O)=C/[N+]#N. The second kappa shape index (κ2) is 10.7. The molecule has 0 unspecified atom stereocenters. The van der Waals surface area contributed by atoms with Crippen molar-refractivity contribution in [1.82, 2.24) is 0 Å². The van der Waals surface area contributed by atoms with Crippen molar-refractivity contribution in [2.75, 3.05) is 0 Å². The van der Waals surface area contributed by atoms with Gasteiger partial charge in [0.1, 0.15) is 6.10 Å². The predicted molar refractivity (Wildman–Crippen MR) is 80.9 cm³/mol. The van der Waals surface area contributed by atoms with Crippen LogP contribution in [-0.4, -0.2) is 17.3 Å². The highest BCUT2D eigenvalue weighted by molar-refractivity contribution is 5.11. The minimum atomic E-state index is -0.232. The summed E-state index contributed by atoms with van der Waals surface area (Å²) in [5.74, 6) is 0.0320. The molecule has 1 N–H and O–H groups in total. The van der Waals surface area contributed by atoms with Crippen LogP contribution in [0.4, 0.5) is 0 Å². The third-order valence-electron chi connectivity index (χ3n) is 3.91. The summed E-state index contributed by atoms with van der Waals surface area (Å²) in [5, 5.41) is 17.7. The molecule has 4 nitrogen and oxygen atoms in total. The maximum atomic E-state index is 9.40. The highest BCUT2D eigenvalue weighted by Gasteiger charge is 2.43. The molecule has 0 amide bonds. The van der Waals surface area contributed by atoms with E-state index < -0.39 is 0 Å².